The van der Waals surface area contributed by atoms with Crippen molar-refractivity contribution in [2.45, 2.75) is 12.6 Å². The number of hydrogen-bond donors (Lipinski definition) is 1. The van der Waals surface area contributed by atoms with E-state index in [4.69, 9.17) is 0 Å². The van der Waals surface area contributed by atoms with Crippen LogP contribution in [-0.4, -0.2) is 44.6 Å². The maximum atomic E-state index is 12.5. The van der Waals surface area contributed by atoms with Gasteiger partial charge in [-0.2, -0.15) is 0 Å². The summed E-state index contributed by atoms with van der Waals surface area (Å²) in [6.07, 6.45) is 7.06. The molecule has 1 N–H and O–H groups in total. The quantitative estimate of drug-likeness (QED) is 0.567. The first-order valence-electron chi connectivity index (χ1n) is 9.05. The number of carbonyl (C=O) groups is 1. The Morgan fingerprint density at radius 1 is 1.18 bits per heavy atom. The summed E-state index contributed by atoms with van der Waals surface area (Å²) in [4.78, 5) is 27.4. The van der Waals surface area contributed by atoms with Gasteiger partial charge in [-0.15, -0.1) is 11.3 Å². The number of nitrogens with one attached hydrogen (secondary N) is 1. The van der Waals surface area contributed by atoms with Crippen LogP contribution in [0.1, 0.15) is 15.9 Å². The molecular weight excluding hydrogens is 372 g/mol. The zero-order chi connectivity index (χ0) is 18.9. The largest absolute Gasteiger partial charge is 0.351 e. The summed E-state index contributed by atoms with van der Waals surface area (Å²) in [6, 6.07) is 9.84. The minimum Gasteiger partial charge on any atom is -0.351 e. The van der Waals surface area contributed by atoms with E-state index < -0.39 is 0 Å². The highest BCUT2D eigenvalue weighted by atomic mass is 32.1. The lowest BCUT2D eigenvalue weighted by Crippen LogP contribution is -2.59. The minimum absolute atomic E-state index is 0.0391. The molecule has 0 atom stereocenters. The number of fused-ring (bicyclic) bond motifs is 1. The van der Waals surface area contributed by atoms with E-state index in [1.807, 2.05) is 46.5 Å². The molecule has 1 saturated heterocycles. The fourth-order valence-electron chi connectivity index (χ4n) is 3.37. The van der Waals surface area contributed by atoms with Gasteiger partial charge in [0.15, 0.2) is 0 Å². The molecule has 3 aromatic heterocycles. The van der Waals surface area contributed by atoms with Gasteiger partial charge in [-0.3, -0.25) is 4.79 Å². The Hall–Kier alpha value is -3.26. The first-order chi connectivity index (χ1) is 13.8. The number of imidazole rings is 1. The van der Waals surface area contributed by atoms with E-state index in [0.717, 1.165) is 41.2 Å². The fraction of sp³-hybridized carbons (Fsp3) is 0.200. The van der Waals surface area contributed by atoms with Crippen molar-refractivity contribution >= 4 is 33.3 Å². The van der Waals surface area contributed by atoms with Crippen molar-refractivity contribution in [1.82, 2.24) is 24.8 Å². The highest BCUT2D eigenvalue weighted by Crippen LogP contribution is 2.30. The Balaban J connectivity index is 1.18. The van der Waals surface area contributed by atoms with Gasteiger partial charge in [0.05, 0.1) is 22.6 Å². The van der Waals surface area contributed by atoms with E-state index in [1.165, 1.54) is 0 Å². The van der Waals surface area contributed by atoms with Crippen molar-refractivity contribution < 1.29 is 4.79 Å². The van der Waals surface area contributed by atoms with Crippen molar-refractivity contribution in [3.8, 4) is 0 Å². The number of rotatable bonds is 5. The summed E-state index contributed by atoms with van der Waals surface area (Å²) < 4.78 is 3.09. The molecule has 1 fully saturated rings. The number of nitrogens with zero attached hydrogens (tertiary/aromatic N) is 5. The summed E-state index contributed by atoms with van der Waals surface area (Å²) in [7, 11) is 0. The molecular formula is C20H18N6OS. The van der Waals surface area contributed by atoms with Crippen molar-refractivity contribution in [3.63, 3.8) is 0 Å². The second kappa shape index (κ2) is 7.05. The normalized spacial score (nSPS) is 14.2. The van der Waals surface area contributed by atoms with Gasteiger partial charge in [0.25, 0.3) is 5.91 Å². The van der Waals surface area contributed by atoms with Gasteiger partial charge in [0, 0.05) is 37.6 Å². The first-order valence-corrected chi connectivity index (χ1v) is 9.93. The monoisotopic (exact) mass is 390 g/mol. The molecule has 140 valence electrons. The number of thiophene rings is 1. The number of carbonyl (C=O) groups excluding carboxylic acids is 1. The van der Waals surface area contributed by atoms with Gasteiger partial charge < -0.3 is 14.8 Å². The Morgan fingerprint density at radius 3 is 2.82 bits per heavy atom. The third-order valence-electron chi connectivity index (χ3n) is 4.88. The number of anilines is 1. The molecule has 0 spiro atoms. The van der Waals surface area contributed by atoms with Crippen molar-refractivity contribution in [1.29, 1.82) is 0 Å². The lowest BCUT2D eigenvalue weighted by atomic mass is 10.1. The topological polar surface area (TPSA) is 75.9 Å². The average molecular weight is 390 g/mol. The van der Waals surface area contributed by atoms with E-state index in [0.29, 0.717) is 5.56 Å². The van der Waals surface area contributed by atoms with Gasteiger partial charge in [0.1, 0.15) is 12.1 Å². The SMILES string of the molecule is O=C(NC1CN(c2ncnc3ccsc23)C1)c1ccc(Cn2ccnc2)cc1. The first kappa shape index (κ1) is 16.9. The molecule has 0 saturated carbocycles. The van der Waals surface area contributed by atoms with Crippen LogP contribution in [0.3, 0.4) is 0 Å². The molecule has 7 nitrogen and oxygen atoms in total. The average Bonchev–Trinajstić information content (AvgIpc) is 3.36. The van der Waals surface area contributed by atoms with Crippen LogP contribution in [0.25, 0.3) is 10.2 Å². The van der Waals surface area contributed by atoms with Gasteiger partial charge in [-0.1, -0.05) is 12.1 Å². The maximum Gasteiger partial charge on any atom is 0.251 e. The Morgan fingerprint density at radius 2 is 2.04 bits per heavy atom. The fourth-order valence-corrected chi connectivity index (χ4v) is 4.23. The molecule has 0 aliphatic carbocycles. The number of benzene rings is 1. The Labute approximate surface area is 165 Å². The molecule has 1 amide bonds. The van der Waals surface area contributed by atoms with E-state index in [2.05, 4.69) is 25.2 Å². The molecule has 0 unspecified atom stereocenters. The zero-order valence-electron chi connectivity index (χ0n) is 15.0. The molecule has 1 aliphatic rings. The van der Waals surface area contributed by atoms with Gasteiger partial charge in [-0.05, 0) is 29.1 Å². The smallest absolute Gasteiger partial charge is 0.251 e. The number of aromatic nitrogens is 4. The second-order valence-corrected chi connectivity index (χ2v) is 7.76. The van der Waals surface area contributed by atoms with Crippen molar-refractivity contribution in [2.24, 2.45) is 0 Å². The summed E-state index contributed by atoms with van der Waals surface area (Å²) in [5, 5.41) is 5.13. The predicted molar refractivity (Wildman–Crippen MR) is 109 cm³/mol. The minimum atomic E-state index is -0.0391. The van der Waals surface area contributed by atoms with Gasteiger partial charge >= 0.3 is 0 Å². The molecule has 1 aliphatic heterocycles. The van der Waals surface area contributed by atoms with Crippen LogP contribution in [0.2, 0.25) is 0 Å². The van der Waals surface area contributed by atoms with Crippen LogP contribution in [-0.2, 0) is 6.54 Å². The van der Waals surface area contributed by atoms with Crippen LogP contribution in [0, 0.1) is 0 Å². The maximum absolute atomic E-state index is 12.5. The Bertz CT molecular complexity index is 1100. The molecule has 4 heterocycles. The van der Waals surface area contributed by atoms with Crippen LogP contribution in [0.15, 0.2) is 60.8 Å². The second-order valence-electron chi connectivity index (χ2n) is 6.84. The summed E-state index contributed by atoms with van der Waals surface area (Å²) in [5.41, 5.74) is 2.78. The molecule has 5 rings (SSSR count). The van der Waals surface area contributed by atoms with Crippen LogP contribution in [0.5, 0.6) is 0 Å². The van der Waals surface area contributed by atoms with Gasteiger partial charge in [-0.25, -0.2) is 15.0 Å². The molecule has 28 heavy (non-hydrogen) atoms. The van der Waals surface area contributed by atoms with E-state index >= 15 is 0 Å². The molecule has 4 aromatic rings. The van der Waals surface area contributed by atoms with E-state index in [9.17, 15) is 4.79 Å². The molecule has 0 radical (unpaired) electrons. The summed E-state index contributed by atoms with van der Waals surface area (Å²) in [6.45, 7) is 2.26. The standard InChI is InChI=1S/C20H18N6OS/c27-20(15-3-1-14(2-4-15)9-25-7-6-21-13-25)24-16-10-26(11-16)19-18-17(5-8-28-18)22-12-23-19/h1-8,12-13,16H,9-11H2,(H,24,27). The highest BCUT2D eigenvalue weighted by molar-refractivity contribution is 7.17. The summed E-state index contributed by atoms with van der Waals surface area (Å²) >= 11 is 1.65. The van der Waals surface area contributed by atoms with Crippen molar-refractivity contribution in [3.05, 3.63) is 71.9 Å². The summed E-state index contributed by atoms with van der Waals surface area (Å²) in [5.74, 6) is 0.914. The lowest BCUT2D eigenvalue weighted by Gasteiger charge is -2.40. The van der Waals surface area contributed by atoms with Gasteiger partial charge in [0.2, 0.25) is 0 Å². The third kappa shape index (κ3) is 3.22. The Kier molecular flexibility index (Phi) is 4.25. The van der Waals surface area contributed by atoms with Crippen LogP contribution >= 0.6 is 11.3 Å². The third-order valence-corrected chi connectivity index (χ3v) is 5.78. The van der Waals surface area contributed by atoms with Crippen LogP contribution in [0.4, 0.5) is 5.82 Å². The number of amides is 1. The van der Waals surface area contributed by atoms with E-state index in [1.54, 1.807) is 30.2 Å². The zero-order valence-corrected chi connectivity index (χ0v) is 15.8. The number of hydrogen-bond acceptors (Lipinski definition) is 6. The highest BCUT2D eigenvalue weighted by Gasteiger charge is 2.30. The molecule has 1 aromatic carbocycles. The lowest BCUT2D eigenvalue weighted by molar-refractivity contribution is 0.0930. The molecule has 0 bridgehead atoms. The predicted octanol–water partition coefficient (Wildman–Crippen LogP) is 2.55. The van der Waals surface area contributed by atoms with E-state index in [-0.39, 0.29) is 11.9 Å². The van der Waals surface area contributed by atoms with Crippen LogP contribution < -0.4 is 10.2 Å². The van der Waals surface area contributed by atoms with Crippen molar-refractivity contribution in [2.75, 3.05) is 18.0 Å². The molecule has 8 heteroatoms.